The van der Waals surface area contributed by atoms with Crippen molar-refractivity contribution in [2.24, 2.45) is 10.7 Å². The van der Waals surface area contributed by atoms with Gasteiger partial charge in [0.1, 0.15) is 0 Å². The zero-order chi connectivity index (χ0) is 13.8. The minimum Gasteiger partial charge on any atom is -0.378 e. The number of fused-ring (bicyclic) bond motifs is 1. The molecule has 2 aliphatic rings. The number of ether oxygens (including phenoxy) is 1. The summed E-state index contributed by atoms with van der Waals surface area (Å²) in [6.07, 6.45) is 7.34. The molecule has 1 aliphatic heterocycles. The van der Waals surface area contributed by atoms with Crippen LogP contribution in [0.1, 0.15) is 36.8 Å². The van der Waals surface area contributed by atoms with Crippen molar-refractivity contribution in [2.45, 2.75) is 44.6 Å². The van der Waals surface area contributed by atoms with Crippen molar-refractivity contribution in [3.63, 3.8) is 0 Å². The fourth-order valence-corrected chi connectivity index (χ4v) is 3.04. The Morgan fingerprint density at radius 1 is 1.30 bits per heavy atom. The second-order valence-electron chi connectivity index (χ2n) is 5.65. The van der Waals surface area contributed by atoms with Crippen LogP contribution in [0.3, 0.4) is 0 Å². The number of nitrogens with zero attached hydrogens (tertiary/aromatic N) is 1. The van der Waals surface area contributed by atoms with Crippen molar-refractivity contribution in [3.05, 3.63) is 29.3 Å². The van der Waals surface area contributed by atoms with Gasteiger partial charge in [0.05, 0.1) is 6.10 Å². The first kappa shape index (κ1) is 13.4. The standard InChI is InChI=1S/C16H23N3O/c17-16(18-9-8-15-5-2-10-20-15)19-14-7-6-12-3-1-4-13(12)11-14/h6-7,11,15H,1-5,8-10H2,(H3,17,18,19). The highest BCUT2D eigenvalue weighted by Crippen LogP contribution is 2.24. The fourth-order valence-electron chi connectivity index (χ4n) is 3.04. The van der Waals surface area contributed by atoms with Crippen LogP contribution in [-0.2, 0) is 17.6 Å². The lowest BCUT2D eigenvalue weighted by Gasteiger charge is -2.09. The number of nitrogens with two attached hydrogens (primary N) is 1. The molecule has 1 aliphatic carbocycles. The largest absolute Gasteiger partial charge is 0.378 e. The maximum Gasteiger partial charge on any atom is 0.193 e. The van der Waals surface area contributed by atoms with Crippen LogP contribution in [0.25, 0.3) is 0 Å². The summed E-state index contributed by atoms with van der Waals surface area (Å²) in [5, 5.41) is 3.18. The monoisotopic (exact) mass is 273 g/mol. The Bertz CT molecular complexity index is 492. The van der Waals surface area contributed by atoms with E-state index in [1.54, 1.807) is 0 Å². The Hall–Kier alpha value is -1.55. The molecule has 1 fully saturated rings. The predicted octanol–water partition coefficient (Wildman–Crippen LogP) is 2.47. The van der Waals surface area contributed by atoms with Gasteiger partial charge in [0, 0.05) is 18.8 Å². The van der Waals surface area contributed by atoms with Gasteiger partial charge < -0.3 is 15.8 Å². The number of nitrogens with one attached hydrogen (secondary N) is 1. The Labute approximate surface area is 120 Å². The Balaban J connectivity index is 1.51. The number of aliphatic imine (C=N–C) groups is 1. The Morgan fingerprint density at radius 3 is 3.05 bits per heavy atom. The molecule has 20 heavy (non-hydrogen) atoms. The number of aryl methyl sites for hydroxylation is 2. The molecule has 0 spiro atoms. The molecule has 3 N–H and O–H groups in total. The summed E-state index contributed by atoms with van der Waals surface area (Å²) in [6, 6.07) is 6.49. The van der Waals surface area contributed by atoms with Crippen LogP contribution < -0.4 is 11.1 Å². The third kappa shape index (κ3) is 3.31. The first-order valence-corrected chi connectivity index (χ1v) is 7.61. The first-order valence-electron chi connectivity index (χ1n) is 7.61. The number of anilines is 1. The summed E-state index contributed by atoms with van der Waals surface area (Å²) < 4.78 is 5.57. The van der Waals surface area contributed by atoms with Crippen LogP contribution in [0.15, 0.2) is 23.2 Å². The average molecular weight is 273 g/mol. The van der Waals surface area contributed by atoms with Crippen molar-refractivity contribution in [2.75, 3.05) is 18.5 Å². The molecular weight excluding hydrogens is 250 g/mol. The molecule has 4 nitrogen and oxygen atoms in total. The summed E-state index contributed by atoms with van der Waals surface area (Å²) in [7, 11) is 0. The number of hydrogen-bond donors (Lipinski definition) is 2. The third-order valence-electron chi connectivity index (χ3n) is 4.13. The van der Waals surface area contributed by atoms with Crippen molar-refractivity contribution in [1.82, 2.24) is 0 Å². The van der Waals surface area contributed by atoms with Crippen molar-refractivity contribution < 1.29 is 4.74 Å². The van der Waals surface area contributed by atoms with Gasteiger partial charge in [-0.1, -0.05) is 6.07 Å². The summed E-state index contributed by atoms with van der Waals surface area (Å²) in [6.45, 7) is 1.63. The molecule has 0 aromatic heterocycles. The zero-order valence-electron chi connectivity index (χ0n) is 11.9. The molecule has 0 radical (unpaired) electrons. The lowest BCUT2D eigenvalue weighted by molar-refractivity contribution is 0.106. The lowest BCUT2D eigenvalue weighted by atomic mass is 10.1. The van der Waals surface area contributed by atoms with E-state index in [0.717, 1.165) is 31.7 Å². The van der Waals surface area contributed by atoms with Crippen LogP contribution in [-0.4, -0.2) is 25.2 Å². The van der Waals surface area contributed by atoms with E-state index in [2.05, 4.69) is 28.5 Å². The number of benzene rings is 1. The highest BCUT2D eigenvalue weighted by molar-refractivity contribution is 5.92. The molecule has 0 bridgehead atoms. The first-order chi connectivity index (χ1) is 9.81. The smallest absolute Gasteiger partial charge is 0.193 e. The van der Waals surface area contributed by atoms with E-state index in [1.807, 2.05) is 0 Å². The van der Waals surface area contributed by atoms with Crippen LogP contribution in [0.4, 0.5) is 5.69 Å². The maximum absolute atomic E-state index is 5.93. The Morgan fingerprint density at radius 2 is 2.20 bits per heavy atom. The molecule has 0 amide bonds. The topological polar surface area (TPSA) is 59.6 Å². The van der Waals surface area contributed by atoms with E-state index in [0.29, 0.717) is 12.1 Å². The summed E-state index contributed by atoms with van der Waals surface area (Å²) in [5.41, 5.74) is 9.90. The summed E-state index contributed by atoms with van der Waals surface area (Å²) >= 11 is 0. The van der Waals surface area contributed by atoms with Crippen molar-refractivity contribution >= 4 is 11.6 Å². The van der Waals surface area contributed by atoms with Gasteiger partial charge in [-0.05, 0) is 61.8 Å². The summed E-state index contributed by atoms with van der Waals surface area (Å²) in [4.78, 5) is 4.38. The highest BCUT2D eigenvalue weighted by Gasteiger charge is 2.14. The maximum atomic E-state index is 5.93. The van der Waals surface area contributed by atoms with Gasteiger partial charge in [-0.2, -0.15) is 0 Å². The number of guanidine groups is 1. The zero-order valence-corrected chi connectivity index (χ0v) is 11.9. The van der Waals surface area contributed by atoms with E-state index in [4.69, 9.17) is 10.5 Å². The Kier molecular flexibility index (Phi) is 4.21. The average Bonchev–Trinajstić information content (AvgIpc) is 3.08. The van der Waals surface area contributed by atoms with Gasteiger partial charge in [-0.15, -0.1) is 0 Å². The van der Waals surface area contributed by atoms with E-state index in [9.17, 15) is 0 Å². The van der Waals surface area contributed by atoms with Crippen molar-refractivity contribution in [3.8, 4) is 0 Å². The van der Waals surface area contributed by atoms with Crippen LogP contribution >= 0.6 is 0 Å². The van der Waals surface area contributed by atoms with E-state index in [-0.39, 0.29) is 0 Å². The molecule has 1 aromatic rings. The molecule has 1 saturated heterocycles. The van der Waals surface area contributed by atoms with Crippen LogP contribution in [0, 0.1) is 0 Å². The van der Waals surface area contributed by atoms with Gasteiger partial charge in [0.2, 0.25) is 0 Å². The van der Waals surface area contributed by atoms with E-state index in [1.165, 1.54) is 36.8 Å². The molecule has 1 heterocycles. The van der Waals surface area contributed by atoms with Gasteiger partial charge in [0.25, 0.3) is 0 Å². The molecule has 0 saturated carbocycles. The second-order valence-corrected chi connectivity index (χ2v) is 5.65. The van der Waals surface area contributed by atoms with Crippen LogP contribution in [0.5, 0.6) is 0 Å². The molecular formula is C16H23N3O. The summed E-state index contributed by atoms with van der Waals surface area (Å²) in [5.74, 6) is 0.501. The minimum atomic E-state index is 0.381. The molecule has 1 unspecified atom stereocenters. The molecule has 1 atom stereocenters. The number of rotatable bonds is 4. The number of hydrogen-bond acceptors (Lipinski definition) is 2. The minimum absolute atomic E-state index is 0.381. The normalized spacial score (nSPS) is 22.0. The fraction of sp³-hybridized carbons (Fsp3) is 0.562. The van der Waals surface area contributed by atoms with Crippen molar-refractivity contribution in [1.29, 1.82) is 0 Å². The van der Waals surface area contributed by atoms with E-state index < -0.39 is 0 Å². The van der Waals surface area contributed by atoms with Gasteiger partial charge in [0.15, 0.2) is 5.96 Å². The molecule has 108 valence electrons. The SMILES string of the molecule is NC(=NCCC1CCCO1)Nc1ccc2c(c1)CCC2. The quantitative estimate of drug-likeness (QED) is 0.654. The van der Waals surface area contributed by atoms with Crippen LogP contribution in [0.2, 0.25) is 0 Å². The van der Waals surface area contributed by atoms with E-state index >= 15 is 0 Å². The predicted molar refractivity (Wildman–Crippen MR) is 82.2 cm³/mol. The van der Waals surface area contributed by atoms with Gasteiger partial charge in [-0.3, -0.25) is 4.99 Å². The third-order valence-corrected chi connectivity index (χ3v) is 4.13. The van der Waals surface area contributed by atoms with Gasteiger partial charge >= 0.3 is 0 Å². The molecule has 4 heteroatoms. The van der Waals surface area contributed by atoms with Gasteiger partial charge in [-0.25, -0.2) is 0 Å². The highest BCUT2D eigenvalue weighted by atomic mass is 16.5. The molecule has 3 rings (SSSR count). The second kappa shape index (κ2) is 6.27. The lowest BCUT2D eigenvalue weighted by Crippen LogP contribution is -2.23. The molecule has 1 aromatic carbocycles.